The molecule has 0 fully saturated rings. The fraction of sp³-hybridized carbons (Fsp3) is 0.231. The summed E-state index contributed by atoms with van der Waals surface area (Å²) in [5.74, 6) is 0.676. The fourth-order valence-corrected chi connectivity index (χ4v) is 1.30. The van der Waals surface area contributed by atoms with Crippen molar-refractivity contribution in [2.45, 2.75) is 6.92 Å². The van der Waals surface area contributed by atoms with Crippen LogP contribution in [0, 0.1) is 0 Å². The number of thiocarbonyl (C=S) groups is 1. The Morgan fingerprint density at radius 2 is 2.18 bits per heavy atom. The van der Waals surface area contributed by atoms with Gasteiger partial charge < -0.3 is 9.64 Å². The van der Waals surface area contributed by atoms with Crippen molar-refractivity contribution >= 4 is 35.4 Å². The Morgan fingerprint density at radius 3 is 2.71 bits per heavy atom. The monoisotopic (exact) mass is 248 g/mol. The van der Waals surface area contributed by atoms with Crippen LogP contribution >= 0.6 is 12.2 Å². The second-order valence-corrected chi connectivity index (χ2v) is 3.92. The van der Waals surface area contributed by atoms with E-state index in [9.17, 15) is 0 Å². The Morgan fingerprint density at radius 1 is 1.47 bits per heavy atom. The van der Waals surface area contributed by atoms with Gasteiger partial charge in [0.05, 0.1) is 5.69 Å². The van der Waals surface area contributed by atoms with Crippen LogP contribution in [0.15, 0.2) is 29.8 Å². The number of benzene rings is 1. The number of hydrogen-bond donors (Lipinski definition) is 0. The van der Waals surface area contributed by atoms with Crippen LogP contribution in [-0.4, -0.2) is 30.4 Å². The zero-order valence-electron chi connectivity index (χ0n) is 10.3. The molecule has 0 heterocycles. The molecule has 3 nitrogen and oxygen atoms in total. The predicted molar refractivity (Wildman–Crippen MR) is 77.3 cm³/mol. The normalized spacial score (nSPS) is 10.3. The number of nitrogens with zero attached hydrogens (tertiary/aromatic N) is 2. The topological polar surface area (TPSA) is 24.8 Å². The summed E-state index contributed by atoms with van der Waals surface area (Å²) in [6.45, 7) is 5.61. The van der Waals surface area contributed by atoms with Crippen molar-refractivity contribution in [2.24, 2.45) is 4.99 Å². The molecule has 1 rings (SSSR count). The van der Waals surface area contributed by atoms with Gasteiger partial charge in [-0.1, -0.05) is 12.7 Å². The van der Waals surface area contributed by atoms with Gasteiger partial charge in [0.25, 0.3) is 5.17 Å². The van der Waals surface area contributed by atoms with Gasteiger partial charge in [-0.2, -0.15) is 0 Å². The molecule has 0 saturated heterocycles. The van der Waals surface area contributed by atoms with Gasteiger partial charge in [0.15, 0.2) is 0 Å². The van der Waals surface area contributed by atoms with Crippen LogP contribution in [0.1, 0.15) is 12.5 Å². The van der Waals surface area contributed by atoms with Gasteiger partial charge in [0.1, 0.15) is 5.75 Å². The molecule has 0 bridgehead atoms. The maximum atomic E-state index is 5.51. The first kappa shape index (κ1) is 13.4. The minimum atomic E-state index is 0.419. The summed E-state index contributed by atoms with van der Waals surface area (Å²) in [5, 5.41) is 0.419. The summed E-state index contributed by atoms with van der Waals surface area (Å²) < 4.78 is 5.51. The molecule has 1 aromatic rings. The van der Waals surface area contributed by atoms with Gasteiger partial charge in [-0.15, -0.1) is 0 Å². The van der Waals surface area contributed by atoms with Crippen molar-refractivity contribution in [2.75, 3.05) is 14.1 Å². The predicted octanol–water partition coefficient (Wildman–Crippen LogP) is 3.28. The molecular weight excluding hydrogens is 232 g/mol. The lowest BCUT2D eigenvalue weighted by molar-refractivity contribution is 0.449. The Bertz CT molecular complexity index is 453. The van der Waals surface area contributed by atoms with Crippen LogP contribution in [0.3, 0.4) is 0 Å². The highest BCUT2D eigenvalue weighted by molar-refractivity contribution is 7.80. The maximum absolute atomic E-state index is 5.51. The highest BCUT2D eigenvalue weighted by Crippen LogP contribution is 2.26. The van der Waals surface area contributed by atoms with E-state index in [4.69, 9.17) is 17.0 Å². The lowest BCUT2D eigenvalue weighted by Gasteiger charge is -2.14. The van der Waals surface area contributed by atoms with E-state index >= 15 is 0 Å². The number of ether oxygens (including phenoxy) is 1. The van der Waals surface area contributed by atoms with E-state index < -0.39 is 0 Å². The molecule has 90 valence electrons. The molecule has 0 N–H and O–H groups in total. The fourth-order valence-electron chi connectivity index (χ4n) is 1.20. The Labute approximate surface area is 107 Å². The van der Waals surface area contributed by atoms with Crippen molar-refractivity contribution < 1.29 is 4.74 Å². The van der Waals surface area contributed by atoms with E-state index in [2.05, 4.69) is 11.6 Å². The smallest absolute Gasteiger partial charge is 0.264 e. The largest absolute Gasteiger partial charge is 0.432 e. The zero-order chi connectivity index (χ0) is 12.8. The van der Waals surface area contributed by atoms with E-state index in [1.165, 1.54) is 0 Å². The van der Waals surface area contributed by atoms with Crippen molar-refractivity contribution in [3.63, 3.8) is 0 Å². The summed E-state index contributed by atoms with van der Waals surface area (Å²) >= 11 is 5.07. The molecule has 0 amide bonds. The Hall–Kier alpha value is -1.68. The number of rotatable bonds is 3. The zero-order valence-corrected chi connectivity index (χ0v) is 11.1. The van der Waals surface area contributed by atoms with Crippen LogP contribution in [0.25, 0.3) is 6.08 Å². The molecule has 4 heteroatoms. The standard InChI is InChI=1S/C13H16N2OS/c1-5-10-7-8-11(9-12(10)14-6-2)16-13(17)15(3)4/h5-9H,1H2,2-4H3. The molecule has 0 saturated carbocycles. The lowest BCUT2D eigenvalue weighted by atomic mass is 10.1. The number of hydrogen-bond acceptors (Lipinski definition) is 3. The van der Waals surface area contributed by atoms with Gasteiger partial charge >= 0.3 is 0 Å². The van der Waals surface area contributed by atoms with Crippen LogP contribution in [0.5, 0.6) is 5.75 Å². The summed E-state index contributed by atoms with van der Waals surface area (Å²) in [7, 11) is 3.68. The van der Waals surface area contributed by atoms with Gasteiger partial charge in [-0.25, -0.2) is 0 Å². The average Bonchev–Trinajstić information content (AvgIpc) is 2.29. The second-order valence-electron chi connectivity index (χ2n) is 3.57. The van der Waals surface area contributed by atoms with Crippen LogP contribution in [0.4, 0.5) is 5.69 Å². The van der Waals surface area contributed by atoms with Crippen molar-refractivity contribution in [3.8, 4) is 5.75 Å². The summed E-state index contributed by atoms with van der Waals surface area (Å²) in [5.41, 5.74) is 1.78. The summed E-state index contributed by atoms with van der Waals surface area (Å²) in [6.07, 6.45) is 3.49. The van der Waals surface area contributed by atoms with Gasteiger partial charge in [0, 0.05) is 26.4 Å². The molecule has 0 aliphatic heterocycles. The molecule has 0 radical (unpaired) electrons. The van der Waals surface area contributed by atoms with Gasteiger partial charge in [0.2, 0.25) is 0 Å². The Balaban J connectivity index is 3.00. The van der Waals surface area contributed by atoms with Crippen LogP contribution in [-0.2, 0) is 0 Å². The average molecular weight is 248 g/mol. The highest BCUT2D eigenvalue weighted by Gasteiger charge is 2.05. The third kappa shape index (κ3) is 3.67. The third-order valence-corrected chi connectivity index (χ3v) is 2.51. The first-order chi connectivity index (χ1) is 8.08. The second kappa shape index (κ2) is 6.15. The quantitative estimate of drug-likeness (QED) is 0.606. The van der Waals surface area contributed by atoms with Crippen LogP contribution < -0.4 is 4.74 Å². The van der Waals surface area contributed by atoms with Gasteiger partial charge in [-0.05, 0) is 36.8 Å². The van der Waals surface area contributed by atoms with Crippen molar-refractivity contribution in [1.82, 2.24) is 4.90 Å². The molecule has 0 aliphatic rings. The summed E-state index contributed by atoms with van der Waals surface area (Å²) in [6, 6.07) is 5.59. The maximum Gasteiger partial charge on any atom is 0.264 e. The van der Waals surface area contributed by atoms with Crippen LogP contribution in [0.2, 0.25) is 0 Å². The van der Waals surface area contributed by atoms with E-state index in [0.717, 1.165) is 11.3 Å². The molecule has 0 aliphatic carbocycles. The van der Waals surface area contributed by atoms with Crippen molar-refractivity contribution in [1.29, 1.82) is 0 Å². The third-order valence-electron chi connectivity index (χ3n) is 2.06. The minimum Gasteiger partial charge on any atom is -0.432 e. The van der Waals surface area contributed by atoms with E-state index in [1.807, 2.05) is 39.2 Å². The van der Waals surface area contributed by atoms with E-state index in [-0.39, 0.29) is 0 Å². The highest BCUT2D eigenvalue weighted by atomic mass is 32.1. The molecule has 1 aromatic carbocycles. The van der Waals surface area contributed by atoms with Gasteiger partial charge in [-0.3, -0.25) is 4.99 Å². The lowest BCUT2D eigenvalue weighted by Crippen LogP contribution is -2.24. The first-order valence-electron chi connectivity index (χ1n) is 5.22. The molecule has 0 atom stereocenters. The number of aliphatic imine (C=N–C) groups is 1. The molecule has 0 aromatic heterocycles. The SMILES string of the molecule is C=Cc1ccc(OC(=S)N(C)C)cc1N=CC. The molecular formula is C13H16N2OS. The molecule has 17 heavy (non-hydrogen) atoms. The first-order valence-corrected chi connectivity index (χ1v) is 5.63. The minimum absolute atomic E-state index is 0.419. The van der Waals surface area contributed by atoms with E-state index in [1.54, 1.807) is 17.2 Å². The molecule has 0 unspecified atom stereocenters. The summed E-state index contributed by atoms with van der Waals surface area (Å²) in [4.78, 5) is 5.99. The van der Waals surface area contributed by atoms with Crippen molar-refractivity contribution in [3.05, 3.63) is 30.3 Å². The molecule has 0 spiro atoms. The Kier molecular flexibility index (Phi) is 4.84. The van der Waals surface area contributed by atoms with E-state index in [0.29, 0.717) is 10.9 Å².